The van der Waals surface area contributed by atoms with Gasteiger partial charge in [-0.05, 0) is 28.9 Å². The minimum atomic E-state index is -1.02. The van der Waals surface area contributed by atoms with E-state index in [0.717, 1.165) is 0 Å². The third-order valence-electron chi connectivity index (χ3n) is 2.17. The molecule has 0 bridgehead atoms. The van der Waals surface area contributed by atoms with Gasteiger partial charge in [-0.2, -0.15) is 0 Å². The van der Waals surface area contributed by atoms with Crippen molar-refractivity contribution in [3.05, 3.63) is 37.3 Å². The molecule has 0 fully saturated rings. The standard InChI is InChI=1S/C11H9BrClNO5/c1-2-19-11(16)10(15)4-6-3-8(13)7(12)5-9(6)14(17)18/h3,5H,2,4H2,1H3. The van der Waals surface area contributed by atoms with Crippen molar-refractivity contribution in [2.24, 2.45) is 0 Å². The number of benzene rings is 1. The minimum absolute atomic E-state index is 0.0633. The third-order valence-corrected chi connectivity index (χ3v) is 3.37. The number of rotatable bonds is 5. The number of carbonyl (C=O) groups excluding carboxylic acids is 2. The van der Waals surface area contributed by atoms with Crippen molar-refractivity contribution in [3.8, 4) is 0 Å². The van der Waals surface area contributed by atoms with Gasteiger partial charge in [0.05, 0.1) is 16.6 Å². The number of ether oxygens (including phenoxy) is 1. The van der Waals surface area contributed by atoms with Crippen LogP contribution in [-0.2, 0) is 20.7 Å². The van der Waals surface area contributed by atoms with E-state index in [1.54, 1.807) is 6.92 Å². The average molecular weight is 351 g/mol. The van der Waals surface area contributed by atoms with Crippen molar-refractivity contribution in [3.63, 3.8) is 0 Å². The van der Waals surface area contributed by atoms with Crippen molar-refractivity contribution >= 4 is 45.0 Å². The molecule has 0 aliphatic rings. The quantitative estimate of drug-likeness (QED) is 0.353. The molecule has 0 aliphatic heterocycles. The predicted octanol–water partition coefficient (Wildman–Crippen LogP) is 2.69. The number of ketones is 1. The highest BCUT2D eigenvalue weighted by molar-refractivity contribution is 9.10. The Labute approximate surface area is 122 Å². The summed E-state index contributed by atoms with van der Waals surface area (Å²) in [6.45, 7) is 1.62. The summed E-state index contributed by atoms with van der Waals surface area (Å²) < 4.78 is 4.87. The average Bonchev–Trinajstić information content (AvgIpc) is 2.33. The highest BCUT2D eigenvalue weighted by Crippen LogP contribution is 2.31. The molecule has 0 heterocycles. The Kier molecular flexibility index (Phi) is 5.44. The zero-order valence-electron chi connectivity index (χ0n) is 9.81. The first-order valence-electron chi connectivity index (χ1n) is 5.19. The fourth-order valence-corrected chi connectivity index (χ4v) is 1.86. The smallest absolute Gasteiger partial charge is 0.374 e. The Bertz CT molecular complexity index is 546. The summed E-state index contributed by atoms with van der Waals surface area (Å²) in [6.07, 6.45) is -0.428. The molecule has 8 heteroatoms. The molecule has 19 heavy (non-hydrogen) atoms. The number of halogens is 2. The molecule has 102 valence electrons. The van der Waals surface area contributed by atoms with E-state index in [2.05, 4.69) is 20.7 Å². The van der Waals surface area contributed by atoms with Crippen molar-refractivity contribution < 1.29 is 19.2 Å². The third kappa shape index (κ3) is 4.00. The molecule has 0 spiro atoms. The fraction of sp³-hybridized carbons (Fsp3) is 0.273. The summed E-state index contributed by atoms with van der Waals surface area (Å²) in [5, 5.41) is 11.1. The molecule has 0 saturated carbocycles. The molecule has 0 atom stereocenters. The molecule has 0 saturated heterocycles. The molecule has 0 aliphatic carbocycles. The summed E-state index contributed by atoms with van der Waals surface area (Å²) in [4.78, 5) is 33.0. The number of hydrogen-bond acceptors (Lipinski definition) is 5. The Morgan fingerprint density at radius 1 is 1.47 bits per heavy atom. The van der Waals surface area contributed by atoms with Gasteiger partial charge in [0, 0.05) is 22.5 Å². The summed E-state index contributed by atoms with van der Waals surface area (Å²) in [5.74, 6) is -1.88. The van der Waals surface area contributed by atoms with Gasteiger partial charge in [-0.15, -0.1) is 0 Å². The zero-order chi connectivity index (χ0) is 14.6. The van der Waals surface area contributed by atoms with Crippen molar-refractivity contribution in [1.82, 2.24) is 0 Å². The first-order valence-corrected chi connectivity index (χ1v) is 6.36. The second-order valence-electron chi connectivity index (χ2n) is 3.47. The van der Waals surface area contributed by atoms with Crippen LogP contribution in [0.3, 0.4) is 0 Å². The highest BCUT2D eigenvalue weighted by Gasteiger charge is 2.23. The molecule has 1 aromatic rings. The van der Waals surface area contributed by atoms with E-state index in [1.807, 2.05) is 0 Å². The topological polar surface area (TPSA) is 86.5 Å². The van der Waals surface area contributed by atoms with Crippen LogP contribution in [0.4, 0.5) is 5.69 Å². The molecule has 0 radical (unpaired) electrons. The van der Waals surface area contributed by atoms with Crippen LogP contribution < -0.4 is 0 Å². The SMILES string of the molecule is CCOC(=O)C(=O)Cc1cc(Cl)c(Br)cc1[N+](=O)[O-]. The lowest BCUT2D eigenvalue weighted by molar-refractivity contribution is -0.385. The lowest BCUT2D eigenvalue weighted by Gasteiger charge is -2.05. The molecule has 0 aromatic heterocycles. The number of esters is 1. The molecule has 0 amide bonds. The number of nitrogens with zero attached hydrogens (tertiary/aromatic N) is 1. The second-order valence-corrected chi connectivity index (χ2v) is 4.73. The fourth-order valence-electron chi connectivity index (χ4n) is 1.35. The van der Waals surface area contributed by atoms with Crippen LogP contribution in [0.5, 0.6) is 0 Å². The van der Waals surface area contributed by atoms with E-state index in [9.17, 15) is 19.7 Å². The largest absolute Gasteiger partial charge is 0.460 e. The minimum Gasteiger partial charge on any atom is -0.460 e. The Hall–Kier alpha value is -1.47. The summed E-state index contributed by atoms with van der Waals surface area (Å²) in [6, 6.07) is 2.47. The van der Waals surface area contributed by atoms with Crippen molar-refractivity contribution in [1.29, 1.82) is 0 Å². The van der Waals surface area contributed by atoms with Gasteiger partial charge in [-0.25, -0.2) is 4.79 Å². The van der Waals surface area contributed by atoms with Gasteiger partial charge in [0.2, 0.25) is 5.78 Å². The van der Waals surface area contributed by atoms with Gasteiger partial charge < -0.3 is 4.74 Å². The lowest BCUT2D eigenvalue weighted by atomic mass is 10.1. The van der Waals surface area contributed by atoms with E-state index >= 15 is 0 Å². The van der Waals surface area contributed by atoms with Gasteiger partial charge in [0.25, 0.3) is 5.69 Å². The monoisotopic (exact) mass is 349 g/mol. The summed E-state index contributed by atoms with van der Waals surface area (Å²) in [7, 11) is 0. The summed E-state index contributed by atoms with van der Waals surface area (Å²) in [5.41, 5.74) is -0.217. The predicted molar refractivity (Wildman–Crippen MR) is 71.2 cm³/mol. The first kappa shape index (κ1) is 15.6. The molecular weight excluding hydrogens is 341 g/mol. The van der Waals surface area contributed by atoms with Gasteiger partial charge in [-0.1, -0.05) is 11.6 Å². The molecule has 0 N–H and O–H groups in total. The molecule has 0 unspecified atom stereocenters. The Morgan fingerprint density at radius 3 is 2.63 bits per heavy atom. The van der Waals surface area contributed by atoms with Crippen LogP contribution in [0.25, 0.3) is 0 Å². The van der Waals surface area contributed by atoms with Crippen molar-refractivity contribution in [2.45, 2.75) is 13.3 Å². The van der Waals surface area contributed by atoms with Crippen LogP contribution in [0.2, 0.25) is 5.02 Å². The molecule has 6 nitrogen and oxygen atoms in total. The van der Waals surface area contributed by atoms with Gasteiger partial charge in [0.1, 0.15) is 0 Å². The van der Waals surface area contributed by atoms with E-state index in [4.69, 9.17) is 11.6 Å². The van der Waals surface area contributed by atoms with E-state index in [1.165, 1.54) is 12.1 Å². The van der Waals surface area contributed by atoms with E-state index in [-0.39, 0.29) is 22.9 Å². The Balaban J connectivity index is 3.06. The van der Waals surface area contributed by atoms with Gasteiger partial charge in [-0.3, -0.25) is 14.9 Å². The normalized spacial score (nSPS) is 10.1. The Morgan fingerprint density at radius 2 is 2.11 bits per heavy atom. The molecular formula is C11H9BrClNO5. The number of Topliss-reactive ketones (excluding diaryl/α,β-unsaturated/α-hetero) is 1. The molecule has 1 rings (SSSR count). The van der Waals surface area contributed by atoms with Crippen LogP contribution in [0, 0.1) is 10.1 Å². The van der Waals surface area contributed by atoms with Crippen LogP contribution in [0.1, 0.15) is 12.5 Å². The highest BCUT2D eigenvalue weighted by atomic mass is 79.9. The maximum Gasteiger partial charge on any atom is 0.374 e. The molecule has 1 aromatic carbocycles. The number of hydrogen-bond donors (Lipinski definition) is 0. The summed E-state index contributed by atoms with van der Waals surface area (Å²) >= 11 is 8.87. The first-order chi connectivity index (χ1) is 8.86. The number of nitro groups is 1. The maximum absolute atomic E-state index is 11.5. The van der Waals surface area contributed by atoms with Gasteiger partial charge >= 0.3 is 5.97 Å². The van der Waals surface area contributed by atoms with Crippen LogP contribution in [0.15, 0.2) is 16.6 Å². The maximum atomic E-state index is 11.5. The van der Waals surface area contributed by atoms with Crippen LogP contribution in [-0.4, -0.2) is 23.3 Å². The second kappa shape index (κ2) is 6.63. The zero-order valence-corrected chi connectivity index (χ0v) is 12.2. The van der Waals surface area contributed by atoms with Crippen molar-refractivity contribution in [2.75, 3.05) is 6.61 Å². The number of carbonyl (C=O) groups is 2. The number of nitro benzene ring substituents is 1. The van der Waals surface area contributed by atoms with Crippen LogP contribution >= 0.6 is 27.5 Å². The lowest BCUT2D eigenvalue weighted by Crippen LogP contribution is -2.19. The van der Waals surface area contributed by atoms with E-state index < -0.39 is 23.1 Å². The van der Waals surface area contributed by atoms with Gasteiger partial charge in [0.15, 0.2) is 0 Å². The van der Waals surface area contributed by atoms with E-state index in [0.29, 0.717) is 4.47 Å².